The summed E-state index contributed by atoms with van der Waals surface area (Å²) in [6.07, 6.45) is 0. The van der Waals surface area contributed by atoms with E-state index in [1.54, 1.807) is 48.5 Å². The first-order chi connectivity index (χ1) is 11.8. The van der Waals surface area contributed by atoms with Crippen LogP contribution < -0.4 is 14.2 Å². The largest absolute Gasteiger partial charge is 0.458 e. The van der Waals surface area contributed by atoms with E-state index in [9.17, 15) is 4.79 Å². The first-order valence-electron chi connectivity index (χ1n) is 7.50. The second-order valence-electron chi connectivity index (χ2n) is 4.92. The molecule has 0 bridgehead atoms. The van der Waals surface area contributed by atoms with Gasteiger partial charge in [0.2, 0.25) is 6.79 Å². The van der Waals surface area contributed by atoms with Crippen molar-refractivity contribution in [2.24, 2.45) is 0 Å². The van der Waals surface area contributed by atoms with E-state index < -0.39 is 5.97 Å². The van der Waals surface area contributed by atoms with Gasteiger partial charge in [-0.25, -0.2) is 4.79 Å². The fraction of sp³-hybridized carbons (Fsp3) is 0.0500. The molecule has 0 unspecified atom stereocenters. The van der Waals surface area contributed by atoms with E-state index in [1.807, 2.05) is 36.4 Å². The number of ether oxygens (including phenoxy) is 3. The Morgan fingerprint density at radius 1 is 0.667 bits per heavy atom. The van der Waals surface area contributed by atoms with Crippen LogP contribution in [-0.2, 0) is 0 Å². The van der Waals surface area contributed by atoms with E-state index in [0.29, 0.717) is 22.8 Å². The first kappa shape index (κ1) is 15.6. The number of esters is 1. The van der Waals surface area contributed by atoms with Gasteiger partial charge in [-0.15, -0.1) is 0 Å². The number of hydrogen-bond donors (Lipinski definition) is 0. The van der Waals surface area contributed by atoms with Gasteiger partial charge in [0.05, 0.1) is 0 Å². The van der Waals surface area contributed by atoms with Gasteiger partial charge in [-0.1, -0.05) is 48.5 Å². The van der Waals surface area contributed by atoms with Crippen molar-refractivity contribution in [2.75, 3.05) is 6.79 Å². The molecule has 0 spiro atoms. The quantitative estimate of drug-likeness (QED) is 0.385. The molecule has 120 valence electrons. The highest BCUT2D eigenvalue weighted by Gasteiger charge is 2.14. The van der Waals surface area contributed by atoms with Crippen LogP contribution in [0.5, 0.6) is 17.2 Å². The van der Waals surface area contributed by atoms with E-state index in [2.05, 4.69) is 0 Å². The number of hydrogen-bond acceptors (Lipinski definition) is 4. The summed E-state index contributed by atoms with van der Waals surface area (Å²) in [5.74, 6) is 1.12. The molecule has 0 aliphatic rings. The lowest BCUT2D eigenvalue weighted by Crippen LogP contribution is -2.13. The van der Waals surface area contributed by atoms with Crippen LogP contribution >= 0.6 is 0 Å². The standard InChI is InChI=1S/C20H16O4/c21-20(24-17-11-5-2-6-12-17)18-13-7-8-14-19(18)23-15-22-16-9-3-1-4-10-16/h1-14H,15H2. The number of para-hydroxylation sites is 3. The zero-order chi connectivity index (χ0) is 16.6. The Bertz CT molecular complexity index is 785. The minimum Gasteiger partial charge on any atom is -0.458 e. The minimum absolute atomic E-state index is 0.000354. The van der Waals surface area contributed by atoms with E-state index >= 15 is 0 Å². The molecule has 3 aromatic rings. The Balaban J connectivity index is 1.65. The van der Waals surface area contributed by atoms with Crippen LogP contribution in [0.1, 0.15) is 10.4 Å². The molecule has 0 fully saturated rings. The maximum Gasteiger partial charge on any atom is 0.347 e. The second kappa shape index (κ2) is 7.83. The van der Waals surface area contributed by atoms with Gasteiger partial charge < -0.3 is 14.2 Å². The molecule has 0 saturated heterocycles. The normalized spacial score (nSPS) is 10.0. The highest BCUT2D eigenvalue weighted by atomic mass is 16.7. The maximum atomic E-state index is 12.3. The highest BCUT2D eigenvalue weighted by Crippen LogP contribution is 2.21. The SMILES string of the molecule is O=C(Oc1ccccc1)c1ccccc1OCOc1ccccc1. The molecule has 3 aromatic carbocycles. The number of carbonyl (C=O) groups is 1. The predicted octanol–water partition coefficient (Wildman–Crippen LogP) is 4.32. The van der Waals surface area contributed by atoms with Crippen molar-refractivity contribution in [1.29, 1.82) is 0 Å². The van der Waals surface area contributed by atoms with Gasteiger partial charge in [0.25, 0.3) is 0 Å². The van der Waals surface area contributed by atoms with Crippen LogP contribution in [-0.4, -0.2) is 12.8 Å². The van der Waals surface area contributed by atoms with Crippen LogP contribution in [0.4, 0.5) is 0 Å². The third kappa shape index (κ3) is 4.14. The first-order valence-corrected chi connectivity index (χ1v) is 7.50. The highest BCUT2D eigenvalue weighted by molar-refractivity contribution is 5.93. The molecule has 0 atom stereocenters. The van der Waals surface area contributed by atoms with Crippen LogP contribution in [0.3, 0.4) is 0 Å². The maximum absolute atomic E-state index is 12.3. The molecule has 0 amide bonds. The Morgan fingerprint density at radius 3 is 1.96 bits per heavy atom. The monoisotopic (exact) mass is 320 g/mol. The van der Waals surface area contributed by atoms with Gasteiger partial charge in [-0.3, -0.25) is 0 Å². The smallest absolute Gasteiger partial charge is 0.347 e. The van der Waals surface area contributed by atoms with Crippen molar-refractivity contribution in [3.05, 3.63) is 90.5 Å². The molecule has 3 rings (SSSR count). The lowest BCUT2D eigenvalue weighted by atomic mass is 10.2. The van der Waals surface area contributed by atoms with Gasteiger partial charge in [0, 0.05) is 0 Å². The van der Waals surface area contributed by atoms with Crippen molar-refractivity contribution >= 4 is 5.97 Å². The number of benzene rings is 3. The zero-order valence-electron chi connectivity index (χ0n) is 12.9. The van der Waals surface area contributed by atoms with Crippen molar-refractivity contribution in [2.45, 2.75) is 0 Å². The Labute approximate surface area is 140 Å². The number of carbonyl (C=O) groups excluding carboxylic acids is 1. The van der Waals surface area contributed by atoms with Crippen molar-refractivity contribution in [3.63, 3.8) is 0 Å². The van der Waals surface area contributed by atoms with E-state index in [-0.39, 0.29) is 6.79 Å². The fourth-order valence-corrected chi connectivity index (χ4v) is 2.09. The van der Waals surface area contributed by atoms with Gasteiger partial charge in [-0.05, 0) is 36.4 Å². The average molecular weight is 320 g/mol. The van der Waals surface area contributed by atoms with E-state index in [0.717, 1.165) is 0 Å². The molecule has 0 aromatic heterocycles. The lowest BCUT2D eigenvalue weighted by Gasteiger charge is -2.12. The molecule has 0 heterocycles. The lowest BCUT2D eigenvalue weighted by molar-refractivity contribution is 0.0719. The fourth-order valence-electron chi connectivity index (χ4n) is 2.09. The predicted molar refractivity (Wildman–Crippen MR) is 90.4 cm³/mol. The van der Waals surface area contributed by atoms with E-state index in [1.165, 1.54) is 0 Å². The van der Waals surface area contributed by atoms with Crippen molar-refractivity contribution in [3.8, 4) is 17.2 Å². The summed E-state index contributed by atoms with van der Waals surface area (Å²) in [6, 6.07) is 25.1. The Morgan fingerprint density at radius 2 is 1.25 bits per heavy atom. The van der Waals surface area contributed by atoms with E-state index in [4.69, 9.17) is 14.2 Å². The molecule has 4 heteroatoms. The Kier molecular flexibility index (Phi) is 5.10. The Hall–Kier alpha value is -3.27. The summed E-state index contributed by atoms with van der Waals surface area (Å²) in [5.41, 5.74) is 0.345. The summed E-state index contributed by atoms with van der Waals surface area (Å²) < 4.78 is 16.4. The second-order valence-corrected chi connectivity index (χ2v) is 4.92. The van der Waals surface area contributed by atoms with Crippen LogP contribution in [0.25, 0.3) is 0 Å². The van der Waals surface area contributed by atoms with Crippen molar-refractivity contribution < 1.29 is 19.0 Å². The van der Waals surface area contributed by atoms with Crippen LogP contribution in [0, 0.1) is 0 Å². The molecule has 0 radical (unpaired) electrons. The summed E-state index contributed by atoms with van der Waals surface area (Å²) in [5, 5.41) is 0. The summed E-state index contributed by atoms with van der Waals surface area (Å²) in [6.45, 7) is -0.000354. The van der Waals surface area contributed by atoms with Gasteiger partial charge >= 0.3 is 5.97 Å². The molecule has 0 N–H and O–H groups in total. The molecule has 0 saturated carbocycles. The molecule has 24 heavy (non-hydrogen) atoms. The molecular formula is C20H16O4. The topological polar surface area (TPSA) is 44.8 Å². The molecule has 0 aliphatic carbocycles. The summed E-state index contributed by atoms with van der Waals surface area (Å²) in [7, 11) is 0. The van der Waals surface area contributed by atoms with Crippen LogP contribution in [0.2, 0.25) is 0 Å². The third-order valence-electron chi connectivity index (χ3n) is 3.24. The minimum atomic E-state index is -0.475. The third-order valence-corrected chi connectivity index (χ3v) is 3.24. The van der Waals surface area contributed by atoms with Gasteiger partial charge in [0.1, 0.15) is 22.8 Å². The zero-order valence-corrected chi connectivity index (χ0v) is 12.9. The summed E-state index contributed by atoms with van der Waals surface area (Å²) in [4.78, 5) is 12.3. The van der Waals surface area contributed by atoms with Crippen LogP contribution in [0.15, 0.2) is 84.9 Å². The van der Waals surface area contributed by atoms with Gasteiger partial charge in [-0.2, -0.15) is 0 Å². The molecule has 4 nitrogen and oxygen atoms in total. The summed E-state index contributed by atoms with van der Waals surface area (Å²) >= 11 is 0. The molecule has 0 aliphatic heterocycles. The number of rotatable bonds is 6. The van der Waals surface area contributed by atoms with Crippen molar-refractivity contribution in [1.82, 2.24) is 0 Å². The van der Waals surface area contributed by atoms with Gasteiger partial charge in [0.15, 0.2) is 0 Å². The average Bonchev–Trinajstić information content (AvgIpc) is 2.64. The molecular weight excluding hydrogens is 304 g/mol.